The van der Waals surface area contributed by atoms with E-state index in [-0.39, 0.29) is 6.61 Å². The molecule has 80 valence electrons. The minimum atomic E-state index is -0.102. The molecule has 2 rings (SSSR count). The second kappa shape index (κ2) is 5.15. The van der Waals surface area contributed by atoms with E-state index >= 15 is 0 Å². The summed E-state index contributed by atoms with van der Waals surface area (Å²) in [6.45, 7) is 0.662. The van der Waals surface area contributed by atoms with Gasteiger partial charge in [0, 0.05) is 18.0 Å². The van der Waals surface area contributed by atoms with Gasteiger partial charge in [0.15, 0.2) is 0 Å². The molecule has 0 aliphatic carbocycles. The Balaban J connectivity index is 2.07. The highest BCUT2D eigenvalue weighted by Gasteiger charge is 1.94. The fraction of sp³-hybridized carbons (Fsp3) is 0.154. The Morgan fingerprint density at radius 3 is 2.69 bits per heavy atom. The van der Waals surface area contributed by atoms with Crippen molar-refractivity contribution in [3.05, 3.63) is 53.9 Å². The fourth-order valence-corrected chi connectivity index (χ4v) is 1.42. The maximum absolute atomic E-state index is 8.57. The number of rotatable bonds is 2. The summed E-state index contributed by atoms with van der Waals surface area (Å²) < 4.78 is 1.87. The first kappa shape index (κ1) is 10.5. The lowest BCUT2D eigenvalue weighted by molar-refractivity contribution is 0.350. The van der Waals surface area contributed by atoms with E-state index in [1.54, 1.807) is 6.20 Å². The van der Waals surface area contributed by atoms with Gasteiger partial charge in [-0.2, -0.15) is 5.10 Å². The van der Waals surface area contributed by atoms with Crippen molar-refractivity contribution in [2.45, 2.75) is 6.54 Å². The van der Waals surface area contributed by atoms with Gasteiger partial charge in [0.25, 0.3) is 0 Å². The third-order valence-electron chi connectivity index (χ3n) is 2.17. The molecule has 0 aliphatic heterocycles. The van der Waals surface area contributed by atoms with Crippen LogP contribution in [0, 0.1) is 11.8 Å². The molecule has 1 aromatic carbocycles. The number of benzene rings is 1. The van der Waals surface area contributed by atoms with Crippen molar-refractivity contribution >= 4 is 0 Å². The molecule has 0 spiro atoms. The van der Waals surface area contributed by atoms with E-state index in [1.165, 1.54) is 5.56 Å². The SMILES string of the molecule is OCC#Cc1ccc(Cn2cccn2)cc1. The predicted octanol–water partition coefficient (Wildman–Crippen LogP) is 1.28. The quantitative estimate of drug-likeness (QED) is 0.761. The van der Waals surface area contributed by atoms with Gasteiger partial charge >= 0.3 is 0 Å². The normalized spacial score (nSPS) is 9.56. The van der Waals surface area contributed by atoms with Gasteiger partial charge in [-0.3, -0.25) is 4.68 Å². The molecule has 0 atom stereocenters. The molecule has 0 radical (unpaired) electrons. The molecular weight excluding hydrogens is 200 g/mol. The minimum Gasteiger partial charge on any atom is -0.384 e. The van der Waals surface area contributed by atoms with Crippen molar-refractivity contribution in [1.29, 1.82) is 0 Å². The van der Waals surface area contributed by atoms with Crippen LogP contribution in [0.4, 0.5) is 0 Å². The molecule has 0 amide bonds. The fourth-order valence-electron chi connectivity index (χ4n) is 1.42. The summed E-state index contributed by atoms with van der Waals surface area (Å²) in [5.74, 6) is 5.48. The van der Waals surface area contributed by atoms with Crippen molar-refractivity contribution in [2.75, 3.05) is 6.61 Å². The number of aromatic nitrogens is 2. The number of hydrogen-bond acceptors (Lipinski definition) is 2. The van der Waals surface area contributed by atoms with Crippen LogP contribution in [-0.4, -0.2) is 21.5 Å². The van der Waals surface area contributed by atoms with Gasteiger partial charge in [0.2, 0.25) is 0 Å². The first-order valence-electron chi connectivity index (χ1n) is 5.04. The van der Waals surface area contributed by atoms with Gasteiger partial charge in [-0.25, -0.2) is 0 Å². The molecule has 0 saturated carbocycles. The molecule has 1 heterocycles. The van der Waals surface area contributed by atoms with Crippen LogP contribution in [-0.2, 0) is 6.54 Å². The van der Waals surface area contributed by atoms with E-state index in [0.717, 1.165) is 12.1 Å². The third kappa shape index (κ3) is 2.72. The first-order chi connectivity index (χ1) is 7.88. The van der Waals surface area contributed by atoms with Crippen molar-refractivity contribution in [3.8, 4) is 11.8 Å². The zero-order valence-electron chi connectivity index (χ0n) is 8.80. The molecule has 0 aliphatic rings. The Labute approximate surface area is 94.3 Å². The van der Waals surface area contributed by atoms with Crippen molar-refractivity contribution in [2.24, 2.45) is 0 Å². The summed E-state index contributed by atoms with van der Waals surface area (Å²) in [6, 6.07) is 9.83. The van der Waals surface area contributed by atoms with Crippen LogP contribution in [0.5, 0.6) is 0 Å². The zero-order chi connectivity index (χ0) is 11.2. The largest absolute Gasteiger partial charge is 0.384 e. The van der Waals surface area contributed by atoms with Gasteiger partial charge in [-0.05, 0) is 23.8 Å². The molecule has 0 unspecified atom stereocenters. The lowest BCUT2D eigenvalue weighted by atomic mass is 10.1. The first-order valence-corrected chi connectivity index (χ1v) is 5.04. The summed E-state index contributed by atoms with van der Waals surface area (Å²) in [5, 5.41) is 12.7. The second-order valence-corrected chi connectivity index (χ2v) is 3.36. The number of aliphatic hydroxyl groups is 1. The molecule has 2 aromatic rings. The van der Waals surface area contributed by atoms with Gasteiger partial charge in [-0.15, -0.1) is 0 Å². The molecule has 3 heteroatoms. The van der Waals surface area contributed by atoms with Crippen molar-refractivity contribution in [1.82, 2.24) is 9.78 Å². The van der Waals surface area contributed by atoms with Gasteiger partial charge in [0.05, 0.1) is 6.54 Å². The topological polar surface area (TPSA) is 38.0 Å². The Morgan fingerprint density at radius 1 is 1.25 bits per heavy atom. The number of hydrogen-bond donors (Lipinski definition) is 1. The highest BCUT2D eigenvalue weighted by atomic mass is 16.2. The average Bonchev–Trinajstić information content (AvgIpc) is 2.81. The minimum absolute atomic E-state index is 0.102. The van der Waals surface area contributed by atoms with Crippen LogP contribution >= 0.6 is 0 Å². The third-order valence-corrected chi connectivity index (χ3v) is 2.17. The molecule has 3 nitrogen and oxygen atoms in total. The van der Waals surface area contributed by atoms with E-state index in [9.17, 15) is 0 Å². The van der Waals surface area contributed by atoms with E-state index in [1.807, 2.05) is 41.2 Å². The van der Waals surface area contributed by atoms with E-state index in [4.69, 9.17) is 5.11 Å². The standard InChI is InChI=1S/C13H12N2O/c16-10-1-3-12-4-6-13(7-5-12)11-15-9-2-8-14-15/h2,4-9,16H,10-11H2. The Bertz CT molecular complexity index is 489. The maximum Gasteiger partial charge on any atom is 0.104 e. The number of aliphatic hydroxyl groups excluding tert-OH is 1. The molecule has 0 saturated heterocycles. The summed E-state index contributed by atoms with van der Waals surface area (Å²) in [6.07, 6.45) is 3.70. The van der Waals surface area contributed by atoms with Crippen LogP contribution in [0.15, 0.2) is 42.7 Å². The Hall–Kier alpha value is -2.05. The van der Waals surface area contributed by atoms with Gasteiger partial charge < -0.3 is 5.11 Å². The smallest absolute Gasteiger partial charge is 0.104 e. The van der Waals surface area contributed by atoms with Crippen LogP contribution < -0.4 is 0 Å². The second-order valence-electron chi connectivity index (χ2n) is 3.36. The monoisotopic (exact) mass is 212 g/mol. The molecule has 0 fully saturated rings. The average molecular weight is 212 g/mol. The van der Waals surface area contributed by atoms with Crippen LogP contribution in [0.25, 0.3) is 0 Å². The molecule has 0 bridgehead atoms. The van der Waals surface area contributed by atoms with Gasteiger partial charge in [0.1, 0.15) is 6.61 Å². The summed E-state index contributed by atoms with van der Waals surface area (Å²) in [4.78, 5) is 0. The van der Waals surface area contributed by atoms with Crippen molar-refractivity contribution < 1.29 is 5.11 Å². The highest BCUT2D eigenvalue weighted by molar-refractivity contribution is 5.36. The zero-order valence-corrected chi connectivity index (χ0v) is 8.80. The van der Waals surface area contributed by atoms with Crippen molar-refractivity contribution in [3.63, 3.8) is 0 Å². The van der Waals surface area contributed by atoms with Crippen LogP contribution in [0.3, 0.4) is 0 Å². The molecule has 16 heavy (non-hydrogen) atoms. The predicted molar refractivity (Wildman–Crippen MR) is 61.7 cm³/mol. The van der Waals surface area contributed by atoms with E-state index in [0.29, 0.717) is 0 Å². The summed E-state index contributed by atoms with van der Waals surface area (Å²) in [5.41, 5.74) is 2.09. The summed E-state index contributed by atoms with van der Waals surface area (Å²) >= 11 is 0. The summed E-state index contributed by atoms with van der Waals surface area (Å²) in [7, 11) is 0. The Morgan fingerprint density at radius 2 is 2.06 bits per heavy atom. The van der Waals surface area contributed by atoms with Crippen LogP contribution in [0.2, 0.25) is 0 Å². The van der Waals surface area contributed by atoms with E-state index in [2.05, 4.69) is 16.9 Å². The molecular formula is C13H12N2O. The van der Waals surface area contributed by atoms with Crippen LogP contribution in [0.1, 0.15) is 11.1 Å². The molecule has 1 N–H and O–H groups in total. The highest BCUT2D eigenvalue weighted by Crippen LogP contribution is 2.04. The van der Waals surface area contributed by atoms with E-state index < -0.39 is 0 Å². The van der Waals surface area contributed by atoms with Gasteiger partial charge in [-0.1, -0.05) is 24.0 Å². The lowest BCUT2D eigenvalue weighted by Gasteiger charge is -2.01. The maximum atomic E-state index is 8.57. The number of nitrogens with zero attached hydrogens (tertiary/aromatic N) is 2. The molecule has 1 aromatic heterocycles. The Kier molecular flexibility index (Phi) is 3.37. The lowest BCUT2D eigenvalue weighted by Crippen LogP contribution is -1.99.